The summed E-state index contributed by atoms with van der Waals surface area (Å²) in [7, 11) is 0. The summed E-state index contributed by atoms with van der Waals surface area (Å²) in [6, 6.07) is 6.85. The van der Waals surface area contributed by atoms with Crippen molar-refractivity contribution in [1.29, 1.82) is 0 Å². The van der Waals surface area contributed by atoms with Gasteiger partial charge in [0.1, 0.15) is 5.69 Å². The van der Waals surface area contributed by atoms with Crippen LogP contribution in [-0.2, 0) is 0 Å². The molecule has 0 radical (unpaired) electrons. The van der Waals surface area contributed by atoms with Gasteiger partial charge in [-0.2, -0.15) is 0 Å². The van der Waals surface area contributed by atoms with Crippen LogP contribution in [0.3, 0.4) is 0 Å². The molecule has 3 aromatic rings. The van der Waals surface area contributed by atoms with Crippen LogP contribution in [0.4, 0.5) is 0 Å². The van der Waals surface area contributed by atoms with E-state index in [0.29, 0.717) is 10.7 Å². The third kappa shape index (κ3) is 1.56. The Bertz CT molecular complexity index is 745. The van der Waals surface area contributed by atoms with Gasteiger partial charge in [0, 0.05) is 23.2 Å². The standard InChI is InChI=1S/C12H7ClN2O3/c13-8-3-1-2-6-7(5-14-11(6)8)9-4-10(12(16)17)18-15-9/h1-5,14H,(H,16,17). The number of aromatic carboxylic acids is 1. The van der Waals surface area contributed by atoms with Crippen LogP contribution in [0.1, 0.15) is 10.6 Å². The molecule has 0 amide bonds. The van der Waals surface area contributed by atoms with Gasteiger partial charge >= 0.3 is 5.97 Å². The third-order valence-electron chi connectivity index (χ3n) is 2.66. The fourth-order valence-electron chi connectivity index (χ4n) is 1.83. The number of aromatic nitrogens is 2. The third-order valence-corrected chi connectivity index (χ3v) is 2.98. The fraction of sp³-hybridized carbons (Fsp3) is 0. The van der Waals surface area contributed by atoms with Crippen molar-refractivity contribution in [2.75, 3.05) is 0 Å². The predicted molar refractivity (Wildman–Crippen MR) is 65.8 cm³/mol. The maximum absolute atomic E-state index is 10.7. The lowest BCUT2D eigenvalue weighted by molar-refractivity contribution is 0.0652. The molecule has 0 saturated heterocycles. The molecular weight excluding hydrogens is 256 g/mol. The highest BCUT2D eigenvalue weighted by Crippen LogP contribution is 2.31. The molecule has 0 fully saturated rings. The molecule has 2 N–H and O–H groups in total. The molecule has 0 spiro atoms. The van der Waals surface area contributed by atoms with Crippen LogP contribution in [0.2, 0.25) is 5.02 Å². The monoisotopic (exact) mass is 262 g/mol. The Morgan fingerprint density at radius 1 is 1.44 bits per heavy atom. The van der Waals surface area contributed by atoms with E-state index in [1.165, 1.54) is 6.07 Å². The first-order valence-electron chi connectivity index (χ1n) is 5.13. The first-order chi connectivity index (χ1) is 8.66. The minimum atomic E-state index is -1.15. The first-order valence-corrected chi connectivity index (χ1v) is 5.50. The maximum atomic E-state index is 10.7. The van der Waals surface area contributed by atoms with E-state index in [1.54, 1.807) is 12.3 Å². The van der Waals surface area contributed by atoms with Crippen LogP contribution in [0.5, 0.6) is 0 Å². The minimum Gasteiger partial charge on any atom is -0.475 e. The van der Waals surface area contributed by atoms with Crippen molar-refractivity contribution in [1.82, 2.24) is 10.1 Å². The fourth-order valence-corrected chi connectivity index (χ4v) is 2.06. The number of hydrogen-bond acceptors (Lipinski definition) is 3. The number of halogens is 1. The van der Waals surface area contributed by atoms with Crippen molar-refractivity contribution in [3.05, 3.63) is 41.2 Å². The Morgan fingerprint density at radius 2 is 2.28 bits per heavy atom. The number of aromatic amines is 1. The summed E-state index contributed by atoms with van der Waals surface area (Å²) >= 11 is 6.04. The molecule has 2 heterocycles. The van der Waals surface area contributed by atoms with Gasteiger partial charge in [-0.1, -0.05) is 28.9 Å². The lowest BCUT2D eigenvalue weighted by Gasteiger charge is -1.94. The van der Waals surface area contributed by atoms with Gasteiger partial charge in [0.15, 0.2) is 0 Å². The van der Waals surface area contributed by atoms with Gasteiger partial charge in [-0.25, -0.2) is 4.79 Å². The highest BCUT2D eigenvalue weighted by molar-refractivity contribution is 6.35. The van der Waals surface area contributed by atoms with E-state index in [0.717, 1.165) is 16.5 Å². The van der Waals surface area contributed by atoms with Crippen LogP contribution < -0.4 is 0 Å². The number of carbonyl (C=O) groups is 1. The van der Waals surface area contributed by atoms with E-state index in [2.05, 4.69) is 10.1 Å². The number of nitrogens with zero attached hydrogens (tertiary/aromatic N) is 1. The number of H-pyrrole nitrogens is 1. The van der Waals surface area contributed by atoms with Crippen molar-refractivity contribution in [3.8, 4) is 11.3 Å². The molecule has 90 valence electrons. The number of rotatable bonds is 2. The van der Waals surface area contributed by atoms with Gasteiger partial charge in [-0.05, 0) is 6.07 Å². The van der Waals surface area contributed by atoms with Gasteiger partial charge in [-0.15, -0.1) is 0 Å². The number of nitrogens with one attached hydrogen (secondary N) is 1. The van der Waals surface area contributed by atoms with E-state index in [4.69, 9.17) is 21.2 Å². The average Bonchev–Trinajstić information content (AvgIpc) is 2.94. The zero-order valence-corrected chi connectivity index (χ0v) is 9.73. The molecule has 5 nitrogen and oxygen atoms in total. The lowest BCUT2D eigenvalue weighted by Crippen LogP contribution is -1.91. The SMILES string of the molecule is O=C(O)c1cc(-c2c[nH]c3c(Cl)cccc23)no1. The van der Waals surface area contributed by atoms with E-state index >= 15 is 0 Å². The summed E-state index contributed by atoms with van der Waals surface area (Å²) in [6.45, 7) is 0. The van der Waals surface area contributed by atoms with Crippen molar-refractivity contribution < 1.29 is 14.4 Å². The second-order valence-electron chi connectivity index (χ2n) is 3.75. The van der Waals surface area contributed by atoms with Gasteiger partial charge in [0.25, 0.3) is 0 Å². The summed E-state index contributed by atoms with van der Waals surface area (Å²) in [5, 5.41) is 14.0. The second-order valence-corrected chi connectivity index (χ2v) is 4.15. The van der Waals surface area contributed by atoms with E-state index in [9.17, 15) is 4.79 Å². The summed E-state index contributed by atoms with van der Waals surface area (Å²) in [5.41, 5.74) is 2.00. The quantitative estimate of drug-likeness (QED) is 0.743. The predicted octanol–water partition coefficient (Wildman–Crippen LogP) is 3.17. The number of carboxylic acid groups (broad SMARTS) is 1. The highest BCUT2D eigenvalue weighted by Gasteiger charge is 2.15. The summed E-state index contributed by atoms with van der Waals surface area (Å²) in [5.74, 6) is -1.34. The van der Waals surface area contributed by atoms with Crippen LogP contribution >= 0.6 is 11.6 Å². The van der Waals surface area contributed by atoms with Gasteiger partial charge in [-0.3, -0.25) is 0 Å². The molecule has 0 aliphatic rings. The number of carboxylic acids is 1. The summed E-state index contributed by atoms with van der Waals surface area (Å²) in [6.07, 6.45) is 1.72. The lowest BCUT2D eigenvalue weighted by atomic mass is 10.1. The number of fused-ring (bicyclic) bond motifs is 1. The molecule has 18 heavy (non-hydrogen) atoms. The molecule has 1 aromatic carbocycles. The van der Waals surface area contributed by atoms with Crippen LogP contribution in [0.15, 0.2) is 35.0 Å². The van der Waals surface area contributed by atoms with Crippen LogP contribution in [0, 0.1) is 0 Å². The number of para-hydroxylation sites is 1. The van der Waals surface area contributed by atoms with Crippen molar-refractivity contribution in [2.24, 2.45) is 0 Å². The van der Waals surface area contributed by atoms with Crippen molar-refractivity contribution >= 4 is 28.5 Å². The first kappa shape index (κ1) is 10.9. The molecule has 0 unspecified atom stereocenters. The molecular formula is C12H7ClN2O3. The Hall–Kier alpha value is -2.27. The normalized spacial score (nSPS) is 10.9. The van der Waals surface area contributed by atoms with E-state index in [1.807, 2.05) is 12.1 Å². The van der Waals surface area contributed by atoms with Crippen LogP contribution in [-0.4, -0.2) is 21.2 Å². The van der Waals surface area contributed by atoms with Crippen molar-refractivity contribution in [3.63, 3.8) is 0 Å². The molecule has 0 aliphatic heterocycles. The number of hydrogen-bond donors (Lipinski definition) is 2. The largest absolute Gasteiger partial charge is 0.475 e. The molecule has 3 rings (SSSR count). The van der Waals surface area contributed by atoms with E-state index in [-0.39, 0.29) is 5.76 Å². The van der Waals surface area contributed by atoms with Gasteiger partial charge < -0.3 is 14.6 Å². The molecule has 6 heteroatoms. The van der Waals surface area contributed by atoms with Crippen molar-refractivity contribution in [2.45, 2.75) is 0 Å². The van der Waals surface area contributed by atoms with Crippen LogP contribution in [0.25, 0.3) is 22.2 Å². The summed E-state index contributed by atoms with van der Waals surface area (Å²) in [4.78, 5) is 13.8. The highest BCUT2D eigenvalue weighted by atomic mass is 35.5. The van der Waals surface area contributed by atoms with E-state index < -0.39 is 5.97 Å². The molecule has 0 atom stereocenters. The average molecular weight is 263 g/mol. The minimum absolute atomic E-state index is 0.193. The Labute approximate surface area is 106 Å². The second kappa shape index (κ2) is 3.89. The van der Waals surface area contributed by atoms with Gasteiger partial charge in [0.05, 0.1) is 10.5 Å². The molecule has 2 aromatic heterocycles. The topological polar surface area (TPSA) is 79.1 Å². The Morgan fingerprint density at radius 3 is 3.00 bits per heavy atom. The Kier molecular flexibility index (Phi) is 2.34. The van der Waals surface area contributed by atoms with Gasteiger partial charge in [0.2, 0.25) is 5.76 Å². The molecule has 0 aliphatic carbocycles. The maximum Gasteiger partial charge on any atom is 0.374 e. The summed E-state index contributed by atoms with van der Waals surface area (Å²) < 4.78 is 4.73. The Balaban J connectivity index is 2.19. The molecule has 0 saturated carbocycles. The zero-order valence-electron chi connectivity index (χ0n) is 8.98. The zero-order chi connectivity index (χ0) is 12.7. The number of benzene rings is 1. The smallest absolute Gasteiger partial charge is 0.374 e. The molecule has 0 bridgehead atoms.